The molecular formula is C15H16ClN3O2. The van der Waals surface area contributed by atoms with E-state index in [-0.39, 0.29) is 5.91 Å². The molecule has 0 aliphatic heterocycles. The molecule has 0 saturated carbocycles. The Labute approximate surface area is 127 Å². The second kappa shape index (κ2) is 6.37. The van der Waals surface area contributed by atoms with E-state index in [2.05, 4.69) is 5.32 Å². The van der Waals surface area contributed by atoms with Gasteiger partial charge in [0.25, 0.3) is 5.91 Å². The fourth-order valence-corrected chi connectivity index (χ4v) is 2.07. The summed E-state index contributed by atoms with van der Waals surface area (Å²) in [6, 6.07) is 9.78. The van der Waals surface area contributed by atoms with Crippen molar-refractivity contribution < 1.29 is 9.53 Å². The maximum absolute atomic E-state index is 12.2. The number of nitrogen functional groups attached to an aromatic ring is 2. The van der Waals surface area contributed by atoms with Crippen molar-refractivity contribution in [3.05, 3.63) is 47.0 Å². The SMILES string of the molecule is CCOc1ccc(NC(=O)c2ccc(N)cc2N)cc1Cl. The molecule has 0 spiro atoms. The number of hydrogen-bond acceptors (Lipinski definition) is 4. The molecule has 0 fully saturated rings. The molecule has 0 unspecified atom stereocenters. The van der Waals surface area contributed by atoms with Crippen LogP contribution in [0, 0.1) is 0 Å². The Balaban J connectivity index is 2.17. The summed E-state index contributed by atoms with van der Waals surface area (Å²) in [6.07, 6.45) is 0. The maximum Gasteiger partial charge on any atom is 0.257 e. The van der Waals surface area contributed by atoms with Crippen molar-refractivity contribution >= 4 is 34.6 Å². The predicted molar refractivity (Wildman–Crippen MR) is 85.8 cm³/mol. The quantitative estimate of drug-likeness (QED) is 0.757. The zero-order chi connectivity index (χ0) is 15.4. The van der Waals surface area contributed by atoms with Gasteiger partial charge in [-0.25, -0.2) is 0 Å². The smallest absolute Gasteiger partial charge is 0.257 e. The average Bonchev–Trinajstić information content (AvgIpc) is 2.41. The van der Waals surface area contributed by atoms with Crippen molar-refractivity contribution in [1.29, 1.82) is 0 Å². The number of ether oxygens (including phenoxy) is 1. The van der Waals surface area contributed by atoms with Crippen LogP contribution in [0.2, 0.25) is 5.02 Å². The summed E-state index contributed by atoms with van der Waals surface area (Å²) in [5.41, 5.74) is 13.1. The van der Waals surface area contributed by atoms with Crippen LogP contribution in [0.5, 0.6) is 5.75 Å². The topological polar surface area (TPSA) is 90.4 Å². The Morgan fingerprint density at radius 2 is 2.00 bits per heavy atom. The molecule has 0 radical (unpaired) electrons. The van der Waals surface area contributed by atoms with Gasteiger partial charge in [-0.3, -0.25) is 4.79 Å². The molecule has 2 aromatic carbocycles. The zero-order valence-electron chi connectivity index (χ0n) is 11.5. The monoisotopic (exact) mass is 305 g/mol. The highest BCUT2D eigenvalue weighted by atomic mass is 35.5. The Bertz CT molecular complexity index is 674. The number of carbonyl (C=O) groups is 1. The third-order valence-corrected chi connectivity index (χ3v) is 3.11. The second-order valence-corrected chi connectivity index (χ2v) is 4.79. The van der Waals surface area contributed by atoms with E-state index in [4.69, 9.17) is 27.8 Å². The van der Waals surface area contributed by atoms with E-state index < -0.39 is 0 Å². The van der Waals surface area contributed by atoms with Gasteiger partial charge in [0.2, 0.25) is 0 Å². The third kappa shape index (κ3) is 3.58. The fraction of sp³-hybridized carbons (Fsp3) is 0.133. The Morgan fingerprint density at radius 1 is 1.24 bits per heavy atom. The van der Waals surface area contributed by atoms with E-state index in [9.17, 15) is 4.79 Å². The Hall–Kier alpha value is -2.40. The van der Waals surface area contributed by atoms with Crippen LogP contribution in [0.4, 0.5) is 17.1 Å². The standard InChI is InChI=1S/C15H16ClN3O2/c1-2-21-14-6-4-10(8-12(14)16)19-15(20)11-5-3-9(17)7-13(11)18/h3-8H,2,17-18H2,1H3,(H,19,20). The summed E-state index contributed by atoms with van der Waals surface area (Å²) in [5, 5.41) is 3.16. The van der Waals surface area contributed by atoms with Gasteiger partial charge in [0.05, 0.1) is 17.2 Å². The first-order chi connectivity index (χ1) is 10.0. The van der Waals surface area contributed by atoms with Crippen LogP contribution in [0.3, 0.4) is 0 Å². The van der Waals surface area contributed by atoms with Crippen LogP contribution < -0.4 is 21.5 Å². The molecule has 2 aromatic rings. The molecule has 1 amide bonds. The van der Waals surface area contributed by atoms with Gasteiger partial charge in [0.15, 0.2) is 0 Å². The minimum Gasteiger partial charge on any atom is -0.492 e. The van der Waals surface area contributed by atoms with Crippen LogP contribution in [0.1, 0.15) is 17.3 Å². The molecule has 110 valence electrons. The van der Waals surface area contributed by atoms with Crippen molar-refractivity contribution in [2.24, 2.45) is 0 Å². The molecule has 0 saturated heterocycles. The van der Waals surface area contributed by atoms with Gasteiger partial charge in [0, 0.05) is 17.1 Å². The van der Waals surface area contributed by atoms with Gasteiger partial charge in [-0.1, -0.05) is 11.6 Å². The molecule has 0 heterocycles. The Kier molecular flexibility index (Phi) is 4.55. The number of nitrogens with two attached hydrogens (primary N) is 2. The van der Waals surface area contributed by atoms with Crippen molar-refractivity contribution in [2.75, 3.05) is 23.4 Å². The Morgan fingerprint density at radius 3 is 2.62 bits per heavy atom. The molecule has 0 aliphatic carbocycles. The molecular weight excluding hydrogens is 290 g/mol. The van der Waals surface area contributed by atoms with Crippen LogP contribution in [-0.2, 0) is 0 Å². The number of hydrogen-bond donors (Lipinski definition) is 3. The highest BCUT2D eigenvalue weighted by Crippen LogP contribution is 2.28. The normalized spacial score (nSPS) is 10.2. The number of benzene rings is 2. The van der Waals surface area contributed by atoms with Crippen molar-refractivity contribution in [3.63, 3.8) is 0 Å². The number of carbonyl (C=O) groups excluding carboxylic acids is 1. The van der Waals surface area contributed by atoms with Crippen LogP contribution >= 0.6 is 11.6 Å². The molecule has 2 rings (SSSR count). The van der Waals surface area contributed by atoms with E-state index in [1.807, 2.05) is 6.92 Å². The number of amides is 1. The first-order valence-corrected chi connectivity index (χ1v) is 6.77. The van der Waals surface area contributed by atoms with Gasteiger partial charge in [-0.05, 0) is 43.3 Å². The highest BCUT2D eigenvalue weighted by molar-refractivity contribution is 6.32. The summed E-state index contributed by atoms with van der Waals surface area (Å²) < 4.78 is 5.33. The maximum atomic E-state index is 12.2. The van der Waals surface area contributed by atoms with Gasteiger partial charge >= 0.3 is 0 Å². The lowest BCUT2D eigenvalue weighted by atomic mass is 10.1. The van der Waals surface area contributed by atoms with Crippen molar-refractivity contribution in [2.45, 2.75) is 6.92 Å². The summed E-state index contributed by atoms with van der Waals surface area (Å²) >= 11 is 6.07. The van der Waals surface area contributed by atoms with Gasteiger partial charge in [-0.15, -0.1) is 0 Å². The molecule has 5 N–H and O–H groups in total. The molecule has 0 bridgehead atoms. The summed E-state index contributed by atoms with van der Waals surface area (Å²) in [5.74, 6) is 0.247. The minimum atomic E-state index is -0.326. The zero-order valence-corrected chi connectivity index (χ0v) is 12.3. The van der Waals surface area contributed by atoms with Gasteiger partial charge in [0.1, 0.15) is 5.75 Å². The molecule has 0 aromatic heterocycles. The van der Waals surface area contributed by atoms with E-state index in [0.717, 1.165) is 0 Å². The number of rotatable bonds is 4. The van der Waals surface area contributed by atoms with E-state index in [1.165, 1.54) is 0 Å². The first-order valence-electron chi connectivity index (χ1n) is 6.40. The second-order valence-electron chi connectivity index (χ2n) is 4.38. The summed E-state index contributed by atoms with van der Waals surface area (Å²) in [6.45, 7) is 2.39. The lowest BCUT2D eigenvalue weighted by Gasteiger charge is -2.10. The minimum absolute atomic E-state index is 0.324. The van der Waals surface area contributed by atoms with Crippen LogP contribution in [0.25, 0.3) is 0 Å². The van der Waals surface area contributed by atoms with E-state index >= 15 is 0 Å². The molecule has 5 nitrogen and oxygen atoms in total. The highest BCUT2D eigenvalue weighted by Gasteiger charge is 2.11. The lowest BCUT2D eigenvalue weighted by molar-refractivity contribution is 0.102. The molecule has 21 heavy (non-hydrogen) atoms. The van der Waals surface area contributed by atoms with E-state index in [0.29, 0.717) is 40.0 Å². The molecule has 0 atom stereocenters. The fourth-order valence-electron chi connectivity index (χ4n) is 1.84. The lowest BCUT2D eigenvalue weighted by Crippen LogP contribution is -2.14. The summed E-state index contributed by atoms with van der Waals surface area (Å²) in [4.78, 5) is 12.2. The summed E-state index contributed by atoms with van der Waals surface area (Å²) in [7, 11) is 0. The third-order valence-electron chi connectivity index (χ3n) is 2.81. The number of halogens is 1. The number of nitrogens with one attached hydrogen (secondary N) is 1. The van der Waals surface area contributed by atoms with Crippen LogP contribution in [-0.4, -0.2) is 12.5 Å². The van der Waals surface area contributed by atoms with Gasteiger partial charge in [-0.2, -0.15) is 0 Å². The number of anilines is 3. The molecule has 0 aliphatic rings. The van der Waals surface area contributed by atoms with Gasteiger partial charge < -0.3 is 21.5 Å². The first kappa shape index (κ1) is 15.0. The van der Waals surface area contributed by atoms with E-state index in [1.54, 1.807) is 36.4 Å². The largest absolute Gasteiger partial charge is 0.492 e. The van der Waals surface area contributed by atoms with Crippen LogP contribution in [0.15, 0.2) is 36.4 Å². The predicted octanol–water partition coefficient (Wildman–Crippen LogP) is 3.16. The molecule has 6 heteroatoms. The average molecular weight is 306 g/mol. The van der Waals surface area contributed by atoms with Crippen molar-refractivity contribution in [3.8, 4) is 5.75 Å². The van der Waals surface area contributed by atoms with Crippen molar-refractivity contribution in [1.82, 2.24) is 0 Å².